The number of rotatable bonds is 7. The van der Waals surface area contributed by atoms with Crippen LogP contribution in [0, 0.1) is 24.2 Å². The van der Waals surface area contributed by atoms with Crippen LogP contribution in [0.1, 0.15) is 68.8 Å². The second kappa shape index (κ2) is 10.9. The molecular weight excluding hydrogens is 502 g/mol. The Labute approximate surface area is 228 Å². The number of anilines is 1. The molecule has 0 radical (unpaired) electrons. The minimum absolute atomic E-state index is 0.149. The van der Waals surface area contributed by atoms with Crippen molar-refractivity contribution >= 4 is 34.6 Å². The van der Waals surface area contributed by atoms with Crippen molar-refractivity contribution in [3.8, 4) is 6.07 Å². The summed E-state index contributed by atoms with van der Waals surface area (Å²) in [6, 6.07) is 8.61. The number of likely N-dealkylation sites (tertiary alicyclic amines) is 1. The number of halogens is 1. The van der Waals surface area contributed by atoms with Crippen LogP contribution in [0.5, 0.6) is 0 Å². The van der Waals surface area contributed by atoms with E-state index in [1.54, 1.807) is 10.9 Å². The Kier molecular flexibility index (Phi) is 7.55. The third kappa shape index (κ3) is 5.07. The van der Waals surface area contributed by atoms with Crippen LogP contribution >= 0.6 is 11.6 Å². The molecule has 2 aromatic heterocycles. The zero-order valence-corrected chi connectivity index (χ0v) is 22.9. The van der Waals surface area contributed by atoms with E-state index in [-0.39, 0.29) is 18.2 Å². The highest BCUT2D eigenvalue weighted by Gasteiger charge is 2.37. The fourth-order valence-electron chi connectivity index (χ4n) is 6.37. The molecule has 1 aromatic carbocycles. The number of aromatic nitrogens is 4. The Bertz CT molecular complexity index is 1380. The lowest BCUT2D eigenvalue weighted by atomic mass is 9.91. The molecule has 0 spiro atoms. The highest BCUT2D eigenvalue weighted by Crippen LogP contribution is 2.33. The number of aryl methyl sites for hydroxylation is 1. The maximum Gasteiger partial charge on any atom is 0.303 e. The van der Waals surface area contributed by atoms with Crippen LogP contribution in [0.25, 0.3) is 11.2 Å². The normalized spacial score (nSPS) is 23.0. The summed E-state index contributed by atoms with van der Waals surface area (Å²) in [4.78, 5) is 25.6. The molecule has 2 aliphatic heterocycles. The van der Waals surface area contributed by atoms with Crippen LogP contribution in [0.3, 0.4) is 0 Å². The van der Waals surface area contributed by atoms with E-state index in [0.717, 1.165) is 62.3 Å². The van der Waals surface area contributed by atoms with Gasteiger partial charge in [-0.1, -0.05) is 24.6 Å². The van der Waals surface area contributed by atoms with Gasteiger partial charge in [0.2, 0.25) is 0 Å². The molecule has 0 aliphatic carbocycles. The molecular formula is C28H34ClN7O2. The number of hydrogen-bond acceptors (Lipinski definition) is 7. The molecule has 3 aromatic rings. The topological polar surface area (TPSA) is 111 Å². The Morgan fingerprint density at radius 1 is 1.32 bits per heavy atom. The Morgan fingerprint density at radius 3 is 2.84 bits per heavy atom. The lowest BCUT2D eigenvalue weighted by Crippen LogP contribution is -2.52. The standard InChI is InChI=1S/C28H34ClN7O2/c1-17-13-20(29)6-8-22(17)19(3)36-28-27(23(14-30)33-36)31-15-25(32-28)34-12-10-24(18(2)16-34)35-11-4-5-21(35)7-9-26(37)38/h6,8,13,15,18-19,21,24H,4-5,7,9-12,16H2,1-3H3,(H,37,38). The summed E-state index contributed by atoms with van der Waals surface area (Å²) in [6.45, 7) is 9.08. The fourth-order valence-corrected chi connectivity index (χ4v) is 6.59. The van der Waals surface area contributed by atoms with Gasteiger partial charge in [0.15, 0.2) is 11.3 Å². The van der Waals surface area contributed by atoms with Crippen molar-refractivity contribution in [3.05, 3.63) is 46.2 Å². The highest BCUT2D eigenvalue weighted by molar-refractivity contribution is 6.30. The van der Waals surface area contributed by atoms with Gasteiger partial charge in [0.05, 0.1) is 12.2 Å². The number of carboxylic acid groups (broad SMARTS) is 1. The van der Waals surface area contributed by atoms with Gasteiger partial charge in [-0.3, -0.25) is 9.69 Å². The second-order valence-electron chi connectivity index (χ2n) is 10.7. The van der Waals surface area contributed by atoms with Gasteiger partial charge >= 0.3 is 5.97 Å². The number of aliphatic carboxylic acids is 1. The highest BCUT2D eigenvalue weighted by atomic mass is 35.5. The third-order valence-corrected chi connectivity index (χ3v) is 8.50. The lowest BCUT2D eigenvalue weighted by molar-refractivity contribution is -0.137. The van der Waals surface area contributed by atoms with Gasteiger partial charge in [-0.25, -0.2) is 14.6 Å². The average molecular weight is 536 g/mol. The fraction of sp³-hybridized carbons (Fsp3) is 0.536. The first-order valence-corrected chi connectivity index (χ1v) is 13.8. The van der Waals surface area contributed by atoms with E-state index in [1.165, 1.54) is 0 Å². The van der Waals surface area contributed by atoms with Crippen molar-refractivity contribution in [2.75, 3.05) is 24.5 Å². The van der Waals surface area contributed by atoms with Crippen LogP contribution in [0.2, 0.25) is 5.02 Å². The van der Waals surface area contributed by atoms with E-state index in [2.05, 4.69) is 32.9 Å². The molecule has 200 valence electrons. The van der Waals surface area contributed by atoms with Crippen LogP contribution in [-0.4, -0.2) is 67.4 Å². The van der Waals surface area contributed by atoms with Gasteiger partial charge in [-0.15, -0.1) is 0 Å². The van der Waals surface area contributed by atoms with Crippen molar-refractivity contribution in [1.29, 1.82) is 5.26 Å². The molecule has 4 heterocycles. The summed E-state index contributed by atoms with van der Waals surface area (Å²) in [5.74, 6) is 0.479. The Hall–Kier alpha value is -3.22. The molecule has 2 saturated heterocycles. The first-order chi connectivity index (χ1) is 18.3. The lowest BCUT2D eigenvalue weighted by Gasteiger charge is -2.43. The SMILES string of the molecule is Cc1cc(Cl)ccc1C(C)n1nc(C#N)c2ncc(N3CCC(N4CCCC4CCC(=O)O)C(C)C3)nc21. The third-order valence-electron chi connectivity index (χ3n) is 8.27. The molecule has 9 nitrogen and oxygen atoms in total. The molecule has 0 saturated carbocycles. The van der Waals surface area contributed by atoms with Gasteiger partial charge < -0.3 is 10.0 Å². The van der Waals surface area contributed by atoms with E-state index in [9.17, 15) is 10.1 Å². The van der Waals surface area contributed by atoms with Crippen molar-refractivity contribution in [2.24, 2.45) is 5.92 Å². The number of fused-ring (bicyclic) bond motifs is 1. The van der Waals surface area contributed by atoms with Crippen molar-refractivity contribution in [3.63, 3.8) is 0 Å². The number of benzene rings is 1. The Morgan fingerprint density at radius 2 is 2.13 bits per heavy atom. The monoisotopic (exact) mass is 535 g/mol. The quantitative estimate of drug-likeness (QED) is 0.458. The molecule has 4 unspecified atom stereocenters. The minimum atomic E-state index is -0.715. The van der Waals surface area contributed by atoms with E-state index in [4.69, 9.17) is 21.7 Å². The van der Waals surface area contributed by atoms with Gasteiger partial charge in [-0.05, 0) is 75.3 Å². The Balaban J connectivity index is 1.38. The van der Waals surface area contributed by atoms with Gasteiger partial charge in [0.1, 0.15) is 17.4 Å². The first kappa shape index (κ1) is 26.4. The zero-order chi connectivity index (χ0) is 27.0. The molecule has 5 rings (SSSR count). The summed E-state index contributed by atoms with van der Waals surface area (Å²) < 4.78 is 1.80. The molecule has 2 fully saturated rings. The number of nitrogens with zero attached hydrogens (tertiary/aromatic N) is 7. The number of piperidine rings is 1. The molecule has 1 N–H and O–H groups in total. The minimum Gasteiger partial charge on any atom is -0.481 e. The van der Waals surface area contributed by atoms with Crippen molar-refractivity contribution < 1.29 is 9.90 Å². The summed E-state index contributed by atoms with van der Waals surface area (Å²) >= 11 is 6.18. The maximum atomic E-state index is 11.1. The van der Waals surface area contributed by atoms with E-state index < -0.39 is 5.97 Å². The molecule has 0 amide bonds. The van der Waals surface area contributed by atoms with Crippen molar-refractivity contribution in [2.45, 2.75) is 71.0 Å². The van der Waals surface area contributed by atoms with Gasteiger partial charge in [0, 0.05) is 36.6 Å². The predicted molar refractivity (Wildman–Crippen MR) is 146 cm³/mol. The first-order valence-electron chi connectivity index (χ1n) is 13.4. The van der Waals surface area contributed by atoms with Crippen LogP contribution in [0.4, 0.5) is 5.82 Å². The largest absolute Gasteiger partial charge is 0.481 e. The van der Waals surface area contributed by atoms with Crippen molar-refractivity contribution in [1.82, 2.24) is 24.6 Å². The number of nitriles is 1. The van der Waals surface area contributed by atoms with E-state index in [0.29, 0.717) is 34.2 Å². The van der Waals surface area contributed by atoms with Gasteiger partial charge in [-0.2, -0.15) is 10.4 Å². The van der Waals surface area contributed by atoms with Gasteiger partial charge in [0.25, 0.3) is 0 Å². The second-order valence-corrected chi connectivity index (χ2v) is 11.2. The summed E-state index contributed by atoms with van der Waals surface area (Å²) in [7, 11) is 0. The average Bonchev–Trinajstić information content (AvgIpc) is 3.51. The molecule has 0 bridgehead atoms. The van der Waals surface area contributed by atoms with Crippen LogP contribution in [0.15, 0.2) is 24.4 Å². The molecule has 4 atom stereocenters. The van der Waals surface area contributed by atoms with E-state index in [1.807, 2.05) is 32.0 Å². The number of carbonyl (C=O) groups is 1. The smallest absolute Gasteiger partial charge is 0.303 e. The summed E-state index contributed by atoms with van der Waals surface area (Å²) in [5, 5.41) is 24.1. The molecule has 2 aliphatic rings. The van der Waals surface area contributed by atoms with Crippen LogP contribution in [-0.2, 0) is 4.79 Å². The maximum absolute atomic E-state index is 11.1. The molecule has 10 heteroatoms. The van der Waals surface area contributed by atoms with Crippen LogP contribution < -0.4 is 4.90 Å². The summed E-state index contributed by atoms with van der Waals surface area (Å²) in [5.41, 5.74) is 3.50. The van der Waals surface area contributed by atoms with E-state index >= 15 is 0 Å². The molecule has 38 heavy (non-hydrogen) atoms. The number of carboxylic acids is 1. The number of hydrogen-bond donors (Lipinski definition) is 1. The zero-order valence-electron chi connectivity index (χ0n) is 22.1. The summed E-state index contributed by atoms with van der Waals surface area (Å²) in [6.07, 6.45) is 5.92. The predicted octanol–water partition coefficient (Wildman–Crippen LogP) is 4.81.